The largest absolute Gasteiger partial charge is 0.497 e. The van der Waals surface area contributed by atoms with Crippen LogP contribution in [0.15, 0.2) is 51.4 Å². The molecule has 1 atom stereocenters. The van der Waals surface area contributed by atoms with Crippen molar-refractivity contribution in [2.24, 2.45) is 4.99 Å². The number of hydrogen-bond donors (Lipinski definition) is 0. The second kappa shape index (κ2) is 12.5. The van der Waals surface area contributed by atoms with E-state index >= 15 is 0 Å². The van der Waals surface area contributed by atoms with E-state index in [0.29, 0.717) is 62.3 Å². The number of fused-ring (bicyclic) bond motifs is 1. The van der Waals surface area contributed by atoms with Crippen LogP contribution < -0.4 is 33.8 Å². The van der Waals surface area contributed by atoms with E-state index in [9.17, 15) is 9.59 Å². The number of amides is 1. The van der Waals surface area contributed by atoms with Gasteiger partial charge in [-0.05, 0) is 85.3 Å². The molecule has 1 aliphatic rings. The number of carbonyl (C=O) groups is 1. The molecule has 40 heavy (non-hydrogen) atoms. The predicted octanol–water partition coefficient (Wildman–Crippen LogP) is 3.74. The number of nitrogens with zero attached hydrogens (tertiary/aromatic N) is 3. The summed E-state index contributed by atoms with van der Waals surface area (Å²) >= 11 is 3.44. The molecule has 0 fully saturated rings. The van der Waals surface area contributed by atoms with Crippen molar-refractivity contribution < 1.29 is 23.7 Å². The van der Waals surface area contributed by atoms with E-state index in [1.807, 2.05) is 39.0 Å². The maximum absolute atomic E-state index is 14.1. The van der Waals surface area contributed by atoms with Crippen LogP contribution in [0.3, 0.4) is 0 Å². The van der Waals surface area contributed by atoms with Gasteiger partial charge in [0.1, 0.15) is 17.5 Å². The van der Waals surface area contributed by atoms with Gasteiger partial charge < -0.3 is 23.8 Å². The van der Waals surface area contributed by atoms with Crippen molar-refractivity contribution in [3.05, 3.63) is 76.0 Å². The van der Waals surface area contributed by atoms with Gasteiger partial charge in [-0.25, -0.2) is 4.99 Å². The predicted molar refractivity (Wildman–Crippen MR) is 164 cm³/mol. The monoisotopic (exact) mass is 677 g/mol. The molecule has 9 nitrogen and oxygen atoms in total. The molecule has 0 N–H and O–H groups in total. The Balaban J connectivity index is 2.02. The Morgan fingerprint density at radius 2 is 1.75 bits per heavy atom. The molecule has 0 aliphatic carbocycles. The molecule has 212 valence electrons. The minimum atomic E-state index is -0.762. The molecular formula is C29H32IN3O6S. The zero-order valence-electron chi connectivity index (χ0n) is 23.5. The average Bonchev–Trinajstić information content (AvgIpc) is 3.25. The van der Waals surface area contributed by atoms with Crippen molar-refractivity contribution in [1.82, 2.24) is 9.47 Å². The number of halogens is 1. The highest BCUT2D eigenvalue weighted by atomic mass is 127. The summed E-state index contributed by atoms with van der Waals surface area (Å²) in [5.41, 5.74) is 2.13. The van der Waals surface area contributed by atoms with E-state index in [0.717, 1.165) is 9.13 Å². The third-order valence-corrected chi connectivity index (χ3v) is 8.57. The van der Waals surface area contributed by atoms with Gasteiger partial charge in [-0.2, -0.15) is 0 Å². The lowest BCUT2D eigenvalue weighted by atomic mass is 9.93. The minimum absolute atomic E-state index is 0.176. The lowest BCUT2D eigenvalue weighted by Crippen LogP contribution is -2.43. The van der Waals surface area contributed by atoms with E-state index in [4.69, 9.17) is 23.9 Å². The van der Waals surface area contributed by atoms with Gasteiger partial charge in [0, 0.05) is 18.7 Å². The van der Waals surface area contributed by atoms with Crippen molar-refractivity contribution in [3.63, 3.8) is 0 Å². The first-order valence-electron chi connectivity index (χ1n) is 12.7. The average molecular weight is 678 g/mol. The van der Waals surface area contributed by atoms with Crippen molar-refractivity contribution in [3.8, 4) is 23.0 Å². The first-order valence-corrected chi connectivity index (χ1v) is 14.6. The third kappa shape index (κ3) is 5.36. The number of aromatic nitrogens is 1. The smallest absolute Gasteiger partial charge is 0.271 e. The summed E-state index contributed by atoms with van der Waals surface area (Å²) in [5, 5.41) is 0. The van der Waals surface area contributed by atoms with Crippen LogP contribution >= 0.6 is 33.9 Å². The fraction of sp³-hybridized carbons (Fsp3) is 0.345. The Bertz CT molecular complexity index is 1660. The van der Waals surface area contributed by atoms with Crippen LogP contribution in [-0.4, -0.2) is 56.9 Å². The Morgan fingerprint density at radius 1 is 1.05 bits per heavy atom. The summed E-state index contributed by atoms with van der Waals surface area (Å²) in [4.78, 5) is 35.0. The lowest BCUT2D eigenvalue weighted by Gasteiger charge is -2.30. The van der Waals surface area contributed by atoms with E-state index in [1.54, 1.807) is 56.1 Å². The van der Waals surface area contributed by atoms with Gasteiger partial charge in [0.05, 0.1) is 47.8 Å². The van der Waals surface area contributed by atoms with Crippen LogP contribution in [0.5, 0.6) is 23.0 Å². The Morgan fingerprint density at radius 3 is 2.35 bits per heavy atom. The maximum Gasteiger partial charge on any atom is 0.271 e. The molecule has 4 rings (SSSR count). The number of carbonyl (C=O) groups excluding carboxylic acids is 1. The summed E-state index contributed by atoms with van der Waals surface area (Å²) in [7, 11) is 6.30. The Kier molecular flexibility index (Phi) is 9.24. The van der Waals surface area contributed by atoms with Gasteiger partial charge in [0.15, 0.2) is 16.3 Å². The zero-order chi connectivity index (χ0) is 29.1. The van der Waals surface area contributed by atoms with Crippen LogP contribution in [0, 0.1) is 3.57 Å². The number of methoxy groups -OCH3 is 4. The number of benzene rings is 2. The van der Waals surface area contributed by atoms with E-state index < -0.39 is 6.04 Å². The summed E-state index contributed by atoms with van der Waals surface area (Å²) < 4.78 is 25.1. The standard InChI is InChI=1S/C29H32IN3O6S/c1-8-32(9-2)28(35)24-16(3)31-29-33(25(24)19-15-18(36-4)10-11-21(19)37-5)27(34)23(40-29)14-17-12-20(30)26(39-7)22(13-17)38-6/h10-15,25H,8-9H2,1-7H3/b23-14+/t25-/m0/s1. The van der Waals surface area contributed by atoms with Gasteiger partial charge in [0.25, 0.3) is 11.5 Å². The molecule has 0 bridgehead atoms. The Labute approximate surface area is 250 Å². The van der Waals surface area contributed by atoms with Crippen molar-refractivity contribution in [2.75, 3.05) is 41.5 Å². The molecule has 0 unspecified atom stereocenters. The highest BCUT2D eigenvalue weighted by Crippen LogP contribution is 2.38. The first kappa shape index (κ1) is 29.7. The minimum Gasteiger partial charge on any atom is -0.497 e. The van der Waals surface area contributed by atoms with E-state index in [-0.39, 0.29) is 11.5 Å². The fourth-order valence-electron chi connectivity index (χ4n) is 4.80. The topological polar surface area (TPSA) is 91.6 Å². The maximum atomic E-state index is 14.1. The highest BCUT2D eigenvalue weighted by molar-refractivity contribution is 14.1. The van der Waals surface area contributed by atoms with Gasteiger partial charge in [0.2, 0.25) is 0 Å². The molecule has 0 radical (unpaired) electrons. The van der Waals surface area contributed by atoms with Crippen LogP contribution in [0.25, 0.3) is 6.08 Å². The molecule has 1 aromatic heterocycles. The van der Waals surface area contributed by atoms with Crippen LogP contribution in [0.2, 0.25) is 0 Å². The van der Waals surface area contributed by atoms with Crippen molar-refractivity contribution in [2.45, 2.75) is 26.8 Å². The number of allylic oxidation sites excluding steroid dienone is 1. The third-order valence-electron chi connectivity index (χ3n) is 6.79. The van der Waals surface area contributed by atoms with Crippen molar-refractivity contribution in [1.29, 1.82) is 0 Å². The molecular weight excluding hydrogens is 645 g/mol. The number of likely N-dealkylation sites (N-methyl/N-ethyl adjacent to an activating group) is 1. The van der Waals surface area contributed by atoms with Gasteiger partial charge >= 0.3 is 0 Å². The van der Waals surface area contributed by atoms with E-state index in [2.05, 4.69) is 22.6 Å². The quantitative estimate of drug-likeness (QED) is 0.321. The SMILES string of the molecule is CCN(CC)C(=O)C1=C(C)N=c2s/c(=C/c3cc(I)c(OC)c(OC)c3)c(=O)n2[C@H]1c1cc(OC)ccc1OC. The number of rotatable bonds is 9. The van der Waals surface area contributed by atoms with Crippen LogP contribution in [0.1, 0.15) is 37.9 Å². The second-order valence-corrected chi connectivity index (χ2v) is 11.1. The number of hydrogen-bond acceptors (Lipinski definition) is 8. The summed E-state index contributed by atoms with van der Waals surface area (Å²) in [5.74, 6) is 2.14. The van der Waals surface area contributed by atoms with Gasteiger partial charge in [-0.3, -0.25) is 14.2 Å². The molecule has 11 heteroatoms. The highest BCUT2D eigenvalue weighted by Gasteiger charge is 2.36. The summed E-state index contributed by atoms with van der Waals surface area (Å²) in [6.45, 7) is 6.72. The fourth-order valence-corrected chi connectivity index (χ4v) is 6.69. The van der Waals surface area contributed by atoms with Gasteiger partial charge in [-0.1, -0.05) is 11.3 Å². The number of ether oxygens (including phenoxy) is 4. The molecule has 1 aliphatic heterocycles. The summed E-state index contributed by atoms with van der Waals surface area (Å²) in [6.07, 6.45) is 1.80. The molecule has 2 aromatic carbocycles. The van der Waals surface area contributed by atoms with Crippen LogP contribution in [0.4, 0.5) is 0 Å². The molecule has 0 saturated carbocycles. The lowest BCUT2D eigenvalue weighted by molar-refractivity contribution is -0.127. The normalized spacial score (nSPS) is 14.9. The summed E-state index contributed by atoms with van der Waals surface area (Å²) in [6, 6.07) is 8.36. The molecule has 2 heterocycles. The van der Waals surface area contributed by atoms with Crippen LogP contribution in [-0.2, 0) is 4.79 Å². The Hall–Kier alpha value is -3.32. The van der Waals surface area contributed by atoms with Gasteiger partial charge in [-0.15, -0.1) is 0 Å². The first-order chi connectivity index (χ1) is 19.2. The second-order valence-electron chi connectivity index (χ2n) is 8.91. The zero-order valence-corrected chi connectivity index (χ0v) is 26.5. The number of thiazole rings is 1. The molecule has 0 saturated heterocycles. The van der Waals surface area contributed by atoms with Crippen molar-refractivity contribution >= 4 is 45.9 Å². The molecule has 1 amide bonds. The molecule has 3 aromatic rings. The van der Waals surface area contributed by atoms with E-state index in [1.165, 1.54) is 11.3 Å². The molecule has 0 spiro atoms.